The summed E-state index contributed by atoms with van der Waals surface area (Å²) in [6.07, 6.45) is 2.09. The highest BCUT2D eigenvalue weighted by Gasteiger charge is 2.27. The zero-order chi connectivity index (χ0) is 15.6. The van der Waals surface area contributed by atoms with E-state index < -0.39 is 6.04 Å². The van der Waals surface area contributed by atoms with Gasteiger partial charge in [-0.3, -0.25) is 9.59 Å². The van der Waals surface area contributed by atoms with Gasteiger partial charge in [0.05, 0.1) is 6.04 Å². The summed E-state index contributed by atoms with van der Waals surface area (Å²) in [5.74, 6) is -0.351. The van der Waals surface area contributed by atoms with E-state index in [4.69, 9.17) is 5.73 Å². The van der Waals surface area contributed by atoms with Crippen LogP contribution in [0.5, 0.6) is 0 Å². The summed E-state index contributed by atoms with van der Waals surface area (Å²) in [6.45, 7) is 5.74. The molecule has 1 saturated carbocycles. The Labute approximate surface area is 125 Å². The number of hydrogen-bond donors (Lipinski definition) is 3. The topological polar surface area (TPSA) is 84.2 Å². The summed E-state index contributed by atoms with van der Waals surface area (Å²) >= 11 is 0. The molecule has 1 aromatic rings. The fourth-order valence-corrected chi connectivity index (χ4v) is 1.85. The van der Waals surface area contributed by atoms with Gasteiger partial charge < -0.3 is 16.4 Å². The third kappa shape index (κ3) is 4.29. The Morgan fingerprint density at radius 3 is 2.52 bits per heavy atom. The van der Waals surface area contributed by atoms with E-state index in [9.17, 15) is 9.59 Å². The minimum atomic E-state index is -0.610. The molecule has 4 N–H and O–H groups in total. The van der Waals surface area contributed by atoms with Gasteiger partial charge in [0, 0.05) is 17.3 Å². The summed E-state index contributed by atoms with van der Waals surface area (Å²) in [7, 11) is 0. The Hall–Kier alpha value is -1.88. The predicted octanol–water partition coefficient (Wildman–Crippen LogP) is 1.89. The van der Waals surface area contributed by atoms with Crippen LogP contribution in [0, 0.1) is 5.41 Å². The standard InChI is InChI=1S/C16H23N3O2/c1-16(2,3)13(17)15(21)19-12-6-4-5-10(9-12)14(20)18-11-7-8-11/h4-6,9,11,13H,7-8,17H2,1-3H3,(H,18,20)(H,19,21). The van der Waals surface area contributed by atoms with E-state index in [0.29, 0.717) is 17.3 Å². The Bertz CT molecular complexity index is 545. The van der Waals surface area contributed by atoms with E-state index in [1.807, 2.05) is 20.8 Å². The summed E-state index contributed by atoms with van der Waals surface area (Å²) < 4.78 is 0. The molecular weight excluding hydrogens is 266 g/mol. The van der Waals surface area contributed by atoms with Crippen molar-refractivity contribution < 1.29 is 9.59 Å². The van der Waals surface area contributed by atoms with Crippen molar-refractivity contribution in [3.8, 4) is 0 Å². The number of nitrogens with one attached hydrogen (secondary N) is 2. The minimum Gasteiger partial charge on any atom is -0.349 e. The van der Waals surface area contributed by atoms with Crippen molar-refractivity contribution in [2.75, 3.05) is 5.32 Å². The Kier molecular flexibility index (Phi) is 4.32. The van der Waals surface area contributed by atoms with Crippen molar-refractivity contribution in [2.45, 2.75) is 45.7 Å². The van der Waals surface area contributed by atoms with E-state index in [1.165, 1.54) is 0 Å². The summed E-state index contributed by atoms with van der Waals surface area (Å²) in [5.41, 5.74) is 6.74. The molecule has 5 nitrogen and oxygen atoms in total. The zero-order valence-corrected chi connectivity index (χ0v) is 12.8. The third-order valence-electron chi connectivity index (χ3n) is 3.52. The van der Waals surface area contributed by atoms with E-state index in [-0.39, 0.29) is 17.2 Å². The number of benzene rings is 1. The number of rotatable bonds is 4. The summed E-state index contributed by atoms with van der Waals surface area (Å²) in [4.78, 5) is 24.1. The molecule has 1 unspecified atom stereocenters. The van der Waals surface area contributed by atoms with Crippen molar-refractivity contribution in [1.29, 1.82) is 0 Å². The molecule has 1 aromatic carbocycles. The Morgan fingerprint density at radius 1 is 1.29 bits per heavy atom. The van der Waals surface area contributed by atoms with Crippen LogP contribution >= 0.6 is 0 Å². The molecule has 0 bridgehead atoms. The van der Waals surface area contributed by atoms with Crippen molar-refractivity contribution in [1.82, 2.24) is 5.32 Å². The molecule has 0 aliphatic heterocycles. The van der Waals surface area contributed by atoms with Gasteiger partial charge in [0.25, 0.3) is 5.91 Å². The highest BCUT2D eigenvalue weighted by Crippen LogP contribution is 2.21. The average Bonchev–Trinajstić information content (AvgIpc) is 3.21. The maximum atomic E-state index is 12.1. The Morgan fingerprint density at radius 2 is 1.95 bits per heavy atom. The van der Waals surface area contributed by atoms with Gasteiger partial charge in [-0.1, -0.05) is 26.8 Å². The largest absolute Gasteiger partial charge is 0.349 e. The van der Waals surface area contributed by atoms with Gasteiger partial charge in [-0.25, -0.2) is 0 Å². The second kappa shape index (κ2) is 5.85. The normalized spacial score (nSPS) is 16.2. The molecule has 0 aromatic heterocycles. The molecule has 0 radical (unpaired) electrons. The molecule has 0 spiro atoms. The SMILES string of the molecule is CC(C)(C)C(N)C(=O)Nc1cccc(C(=O)NC2CC2)c1. The molecule has 0 saturated heterocycles. The van der Waals surface area contributed by atoms with E-state index >= 15 is 0 Å². The van der Waals surface area contributed by atoms with E-state index in [1.54, 1.807) is 24.3 Å². The summed E-state index contributed by atoms with van der Waals surface area (Å²) in [6, 6.07) is 6.61. The van der Waals surface area contributed by atoms with Gasteiger partial charge in [-0.05, 0) is 36.5 Å². The van der Waals surface area contributed by atoms with Crippen LogP contribution in [-0.2, 0) is 4.79 Å². The molecule has 2 amide bonds. The molecule has 114 valence electrons. The number of carbonyl (C=O) groups is 2. The van der Waals surface area contributed by atoms with E-state index in [2.05, 4.69) is 10.6 Å². The summed E-state index contributed by atoms with van der Waals surface area (Å²) in [5, 5.41) is 5.69. The van der Waals surface area contributed by atoms with Crippen LogP contribution in [0.1, 0.15) is 44.0 Å². The van der Waals surface area contributed by atoms with Gasteiger partial charge in [0.1, 0.15) is 0 Å². The molecule has 1 atom stereocenters. The van der Waals surface area contributed by atoms with Crippen molar-refractivity contribution in [2.24, 2.45) is 11.1 Å². The lowest BCUT2D eigenvalue weighted by molar-refractivity contribution is -0.119. The lowest BCUT2D eigenvalue weighted by Crippen LogP contribution is -2.45. The molecule has 0 heterocycles. The lowest BCUT2D eigenvalue weighted by atomic mass is 9.87. The average molecular weight is 289 g/mol. The maximum Gasteiger partial charge on any atom is 0.251 e. The minimum absolute atomic E-state index is 0.103. The van der Waals surface area contributed by atoms with Crippen LogP contribution in [0.25, 0.3) is 0 Å². The number of nitrogens with two attached hydrogens (primary N) is 1. The fraction of sp³-hybridized carbons (Fsp3) is 0.500. The predicted molar refractivity (Wildman–Crippen MR) is 83.0 cm³/mol. The molecule has 5 heteroatoms. The Balaban J connectivity index is 2.03. The smallest absolute Gasteiger partial charge is 0.251 e. The van der Waals surface area contributed by atoms with Crippen molar-refractivity contribution in [3.63, 3.8) is 0 Å². The second-order valence-electron chi connectivity index (χ2n) is 6.66. The van der Waals surface area contributed by atoms with Crippen LogP contribution in [0.15, 0.2) is 24.3 Å². The molecule has 1 aliphatic carbocycles. The van der Waals surface area contributed by atoms with Gasteiger partial charge in [-0.2, -0.15) is 0 Å². The zero-order valence-electron chi connectivity index (χ0n) is 12.8. The highest BCUT2D eigenvalue weighted by atomic mass is 16.2. The molecule has 21 heavy (non-hydrogen) atoms. The number of carbonyl (C=O) groups excluding carboxylic acids is 2. The van der Waals surface area contributed by atoms with Crippen molar-refractivity contribution in [3.05, 3.63) is 29.8 Å². The molecule has 1 aliphatic rings. The molecular formula is C16H23N3O2. The number of amides is 2. The van der Waals surface area contributed by atoms with E-state index in [0.717, 1.165) is 12.8 Å². The second-order valence-corrected chi connectivity index (χ2v) is 6.66. The van der Waals surface area contributed by atoms with Crippen LogP contribution in [-0.4, -0.2) is 23.9 Å². The first-order valence-corrected chi connectivity index (χ1v) is 7.25. The third-order valence-corrected chi connectivity index (χ3v) is 3.52. The highest BCUT2D eigenvalue weighted by molar-refractivity contribution is 5.98. The first-order valence-electron chi connectivity index (χ1n) is 7.25. The fourth-order valence-electron chi connectivity index (χ4n) is 1.85. The van der Waals surface area contributed by atoms with Crippen molar-refractivity contribution >= 4 is 17.5 Å². The quantitative estimate of drug-likeness (QED) is 0.791. The van der Waals surface area contributed by atoms with Gasteiger partial charge in [0.15, 0.2) is 0 Å². The van der Waals surface area contributed by atoms with Crippen LogP contribution < -0.4 is 16.4 Å². The first kappa shape index (κ1) is 15.5. The van der Waals surface area contributed by atoms with Crippen LogP contribution in [0.4, 0.5) is 5.69 Å². The molecule has 1 fully saturated rings. The number of anilines is 1. The van der Waals surface area contributed by atoms with Gasteiger partial charge in [0.2, 0.25) is 5.91 Å². The van der Waals surface area contributed by atoms with Crippen LogP contribution in [0.2, 0.25) is 0 Å². The van der Waals surface area contributed by atoms with Gasteiger partial charge in [-0.15, -0.1) is 0 Å². The monoisotopic (exact) mass is 289 g/mol. The number of hydrogen-bond acceptors (Lipinski definition) is 3. The van der Waals surface area contributed by atoms with Gasteiger partial charge >= 0.3 is 0 Å². The molecule has 2 rings (SSSR count). The van der Waals surface area contributed by atoms with Crippen LogP contribution in [0.3, 0.4) is 0 Å². The first-order chi connectivity index (χ1) is 9.77. The lowest BCUT2D eigenvalue weighted by Gasteiger charge is -2.25. The maximum absolute atomic E-state index is 12.1.